The number of hydrogen-bond acceptors (Lipinski definition) is 4. The molecule has 0 unspecified atom stereocenters. The number of anilines is 1. The summed E-state index contributed by atoms with van der Waals surface area (Å²) in [6.07, 6.45) is 2.11. The van der Waals surface area contributed by atoms with Gasteiger partial charge in [-0.25, -0.2) is 4.79 Å². The molecule has 0 radical (unpaired) electrons. The first-order valence-electron chi connectivity index (χ1n) is 9.13. The molecule has 1 saturated heterocycles. The van der Waals surface area contributed by atoms with Crippen LogP contribution in [0.15, 0.2) is 54.7 Å². The van der Waals surface area contributed by atoms with Gasteiger partial charge in [-0.3, -0.25) is 19.7 Å². The van der Waals surface area contributed by atoms with Crippen molar-refractivity contribution in [1.29, 1.82) is 0 Å². The Hall–Kier alpha value is -3.32. The number of halogens is 1. The second-order valence-corrected chi connectivity index (χ2v) is 7.07. The van der Waals surface area contributed by atoms with E-state index in [1.165, 1.54) is 4.90 Å². The quantitative estimate of drug-likeness (QED) is 0.694. The molecule has 3 amide bonds. The lowest BCUT2D eigenvalue weighted by molar-refractivity contribution is -0.120. The number of amides is 3. The molecular weight excluding hydrogens is 392 g/mol. The van der Waals surface area contributed by atoms with E-state index in [2.05, 4.69) is 10.4 Å². The van der Waals surface area contributed by atoms with Gasteiger partial charge in [-0.15, -0.1) is 0 Å². The molecule has 8 heteroatoms. The van der Waals surface area contributed by atoms with Gasteiger partial charge in [0, 0.05) is 31.8 Å². The van der Waals surface area contributed by atoms with Crippen molar-refractivity contribution in [1.82, 2.24) is 15.1 Å². The van der Waals surface area contributed by atoms with Crippen LogP contribution in [0.2, 0.25) is 5.02 Å². The molecular formula is C21H19ClN4O3. The molecule has 1 aromatic heterocycles. The van der Waals surface area contributed by atoms with E-state index in [-0.39, 0.29) is 12.3 Å². The molecule has 0 bridgehead atoms. The van der Waals surface area contributed by atoms with Crippen LogP contribution in [0, 0.1) is 0 Å². The molecule has 4 rings (SSSR count). The zero-order chi connectivity index (χ0) is 20.4. The summed E-state index contributed by atoms with van der Waals surface area (Å²) in [4.78, 5) is 25.0. The highest BCUT2D eigenvalue weighted by Gasteiger charge is 2.26. The molecule has 148 valence electrons. The first kappa shape index (κ1) is 19.0. The molecule has 3 aromatic rings. The Balaban J connectivity index is 1.52. The SMILES string of the molecule is Cn1ccc(COc2ccc(-c3cccc(N4CCC(=O)NC4=O)c3Cl)cc2)n1. The summed E-state index contributed by atoms with van der Waals surface area (Å²) in [5.74, 6) is 0.445. The maximum absolute atomic E-state index is 12.2. The maximum Gasteiger partial charge on any atom is 0.328 e. The lowest BCUT2D eigenvalue weighted by atomic mass is 10.0. The molecule has 1 aliphatic heterocycles. The van der Waals surface area contributed by atoms with E-state index in [0.29, 0.717) is 23.9 Å². The topological polar surface area (TPSA) is 76.5 Å². The molecule has 2 aromatic carbocycles. The number of hydrogen-bond donors (Lipinski definition) is 1. The number of benzene rings is 2. The molecule has 0 saturated carbocycles. The summed E-state index contributed by atoms with van der Waals surface area (Å²) in [5.41, 5.74) is 3.12. The van der Waals surface area contributed by atoms with Gasteiger partial charge in [0.15, 0.2) is 0 Å². The van der Waals surface area contributed by atoms with Crippen LogP contribution < -0.4 is 15.0 Å². The minimum atomic E-state index is -0.460. The number of aromatic nitrogens is 2. The Morgan fingerprint density at radius 2 is 1.93 bits per heavy atom. The summed E-state index contributed by atoms with van der Waals surface area (Å²) in [5, 5.41) is 7.06. The first-order valence-corrected chi connectivity index (χ1v) is 9.50. The predicted molar refractivity (Wildman–Crippen MR) is 110 cm³/mol. The van der Waals surface area contributed by atoms with Crippen LogP contribution in [0.1, 0.15) is 12.1 Å². The highest BCUT2D eigenvalue weighted by molar-refractivity contribution is 6.36. The molecule has 0 spiro atoms. The summed E-state index contributed by atoms with van der Waals surface area (Å²) in [6, 6.07) is 14.5. The standard InChI is InChI=1S/C21H19ClN4O3/c1-25-11-9-15(24-25)13-29-16-7-5-14(6-8-16)17-3-2-4-18(20(17)22)26-12-10-19(27)23-21(26)28/h2-9,11H,10,12-13H2,1H3,(H,23,27,28). The van der Waals surface area contributed by atoms with Crippen molar-refractivity contribution in [3.63, 3.8) is 0 Å². The van der Waals surface area contributed by atoms with Crippen molar-refractivity contribution in [2.24, 2.45) is 7.05 Å². The Labute approximate surface area is 172 Å². The Morgan fingerprint density at radius 1 is 1.14 bits per heavy atom. The van der Waals surface area contributed by atoms with Gasteiger partial charge in [0.05, 0.1) is 16.4 Å². The number of nitrogens with zero attached hydrogens (tertiary/aromatic N) is 3. The molecule has 7 nitrogen and oxygen atoms in total. The van der Waals surface area contributed by atoms with Crippen LogP contribution in [0.3, 0.4) is 0 Å². The van der Waals surface area contributed by atoms with Gasteiger partial charge >= 0.3 is 6.03 Å². The smallest absolute Gasteiger partial charge is 0.328 e. The van der Waals surface area contributed by atoms with Gasteiger partial charge in [-0.1, -0.05) is 35.9 Å². The van der Waals surface area contributed by atoms with E-state index in [4.69, 9.17) is 16.3 Å². The van der Waals surface area contributed by atoms with Crippen LogP contribution in [0.5, 0.6) is 5.75 Å². The van der Waals surface area contributed by atoms with Gasteiger partial charge in [-0.2, -0.15) is 5.10 Å². The van der Waals surface area contributed by atoms with Crippen molar-refractivity contribution in [3.8, 4) is 16.9 Å². The van der Waals surface area contributed by atoms with Crippen molar-refractivity contribution >= 4 is 29.2 Å². The second kappa shape index (κ2) is 7.97. The van der Waals surface area contributed by atoms with Crippen LogP contribution in [0.4, 0.5) is 10.5 Å². The largest absolute Gasteiger partial charge is 0.487 e. The Kier molecular flexibility index (Phi) is 5.22. The number of aryl methyl sites for hydroxylation is 1. The van der Waals surface area contributed by atoms with Crippen molar-refractivity contribution in [2.45, 2.75) is 13.0 Å². The Bertz CT molecular complexity index is 1060. The zero-order valence-electron chi connectivity index (χ0n) is 15.8. The normalized spacial score (nSPS) is 14.1. The molecule has 1 N–H and O–H groups in total. The molecule has 0 aliphatic carbocycles. The number of carbonyl (C=O) groups excluding carboxylic acids is 2. The van der Waals surface area contributed by atoms with Gasteiger partial charge in [0.25, 0.3) is 0 Å². The maximum atomic E-state index is 12.2. The molecule has 0 atom stereocenters. The number of imide groups is 1. The number of urea groups is 1. The minimum Gasteiger partial charge on any atom is -0.487 e. The lowest BCUT2D eigenvalue weighted by Gasteiger charge is -2.28. The third-order valence-corrected chi connectivity index (χ3v) is 5.04. The molecule has 29 heavy (non-hydrogen) atoms. The van der Waals surface area contributed by atoms with Gasteiger partial charge in [0.1, 0.15) is 12.4 Å². The molecule has 1 fully saturated rings. The zero-order valence-corrected chi connectivity index (χ0v) is 16.5. The predicted octanol–water partition coefficient (Wildman–Crippen LogP) is 3.77. The Morgan fingerprint density at radius 3 is 2.62 bits per heavy atom. The minimum absolute atomic E-state index is 0.245. The van der Waals surface area contributed by atoms with Crippen LogP contribution >= 0.6 is 11.6 Å². The first-order chi connectivity index (χ1) is 14.0. The summed E-state index contributed by atoms with van der Waals surface area (Å²) in [7, 11) is 1.86. The van der Waals surface area contributed by atoms with Gasteiger partial charge < -0.3 is 4.74 Å². The number of nitrogens with one attached hydrogen (secondary N) is 1. The third kappa shape index (κ3) is 4.09. The van der Waals surface area contributed by atoms with E-state index in [1.54, 1.807) is 10.7 Å². The fraction of sp³-hybridized carbons (Fsp3) is 0.190. The van der Waals surface area contributed by atoms with Crippen LogP contribution in [-0.2, 0) is 18.4 Å². The highest BCUT2D eigenvalue weighted by Crippen LogP contribution is 2.37. The highest BCUT2D eigenvalue weighted by atomic mass is 35.5. The summed E-state index contributed by atoms with van der Waals surface area (Å²) in [6.45, 7) is 0.688. The second-order valence-electron chi connectivity index (χ2n) is 6.69. The average molecular weight is 411 g/mol. The molecule has 2 heterocycles. The van der Waals surface area contributed by atoms with E-state index in [0.717, 1.165) is 22.6 Å². The lowest BCUT2D eigenvalue weighted by Crippen LogP contribution is -2.49. The van der Waals surface area contributed by atoms with Crippen molar-refractivity contribution < 1.29 is 14.3 Å². The van der Waals surface area contributed by atoms with Crippen molar-refractivity contribution in [2.75, 3.05) is 11.4 Å². The van der Waals surface area contributed by atoms with Crippen LogP contribution in [-0.4, -0.2) is 28.3 Å². The number of ether oxygens (including phenoxy) is 1. The van der Waals surface area contributed by atoms with Crippen molar-refractivity contribution in [3.05, 3.63) is 65.4 Å². The summed E-state index contributed by atoms with van der Waals surface area (Å²) < 4.78 is 7.50. The monoisotopic (exact) mass is 410 g/mol. The summed E-state index contributed by atoms with van der Waals surface area (Å²) >= 11 is 6.61. The average Bonchev–Trinajstić information content (AvgIpc) is 3.13. The fourth-order valence-corrected chi connectivity index (χ4v) is 3.51. The fourth-order valence-electron chi connectivity index (χ4n) is 3.17. The van der Waals surface area contributed by atoms with E-state index >= 15 is 0 Å². The number of rotatable bonds is 5. The van der Waals surface area contributed by atoms with Gasteiger partial charge in [0.2, 0.25) is 5.91 Å². The number of carbonyl (C=O) groups is 2. The van der Waals surface area contributed by atoms with Crippen LogP contribution in [0.25, 0.3) is 11.1 Å². The van der Waals surface area contributed by atoms with E-state index in [1.807, 2.05) is 55.7 Å². The van der Waals surface area contributed by atoms with E-state index in [9.17, 15) is 9.59 Å². The molecule has 1 aliphatic rings. The van der Waals surface area contributed by atoms with E-state index < -0.39 is 6.03 Å². The van der Waals surface area contributed by atoms with Gasteiger partial charge in [-0.05, 0) is 29.8 Å². The third-order valence-electron chi connectivity index (χ3n) is 4.64.